The molecule has 0 spiro atoms. The van der Waals surface area contributed by atoms with Gasteiger partial charge in [0.15, 0.2) is 0 Å². The van der Waals surface area contributed by atoms with Crippen LogP contribution in [-0.2, 0) is 10.0 Å². The first-order valence-electron chi connectivity index (χ1n) is 7.52. The van der Waals surface area contributed by atoms with E-state index < -0.39 is 10.0 Å². The van der Waals surface area contributed by atoms with Crippen molar-refractivity contribution in [3.63, 3.8) is 0 Å². The topological polar surface area (TPSA) is 75.7 Å². The molecule has 2 rings (SSSR count). The Morgan fingerprint density at radius 2 is 1.80 bits per heavy atom. The minimum atomic E-state index is -3.49. The predicted octanol–water partition coefficient (Wildman–Crippen LogP) is 3.35. The van der Waals surface area contributed by atoms with Gasteiger partial charge in [-0.2, -0.15) is 0 Å². The van der Waals surface area contributed by atoms with Crippen LogP contribution in [-0.4, -0.2) is 39.3 Å². The van der Waals surface area contributed by atoms with E-state index in [9.17, 15) is 13.2 Å². The molecule has 0 aliphatic heterocycles. The van der Waals surface area contributed by atoms with Crippen LogP contribution in [0.2, 0.25) is 0 Å². The minimum Gasteiger partial charge on any atom is -0.493 e. The van der Waals surface area contributed by atoms with Gasteiger partial charge in [0.05, 0.1) is 16.0 Å². The number of sulfonamides is 1. The van der Waals surface area contributed by atoms with Crippen molar-refractivity contribution < 1.29 is 17.9 Å². The maximum absolute atomic E-state index is 12.3. The maximum atomic E-state index is 12.3. The van der Waals surface area contributed by atoms with E-state index in [1.807, 2.05) is 6.92 Å². The second kappa shape index (κ2) is 7.99. The van der Waals surface area contributed by atoms with E-state index in [1.54, 1.807) is 30.3 Å². The number of anilines is 1. The van der Waals surface area contributed by atoms with E-state index in [1.165, 1.54) is 26.2 Å². The van der Waals surface area contributed by atoms with Gasteiger partial charge in [0.25, 0.3) is 5.91 Å². The Balaban J connectivity index is 2.15. The van der Waals surface area contributed by atoms with Crippen LogP contribution < -0.4 is 10.1 Å². The molecule has 2 aromatic rings. The Hall–Kier alpha value is -1.90. The smallest absolute Gasteiger partial charge is 0.255 e. The second-order valence-corrected chi connectivity index (χ2v) is 8.35. The number of benzene rings is 2. The normalized spacial score (nSPS) is 11.4. The molecule has 0 unspecified atom stereocenters. The molecule has 2 aromatic carbocycles. The SMILES string of the molecule is CCOc1ccc(C(=O)Nc2ccc(S(=O)(=O)N(C)C)cc2)cc1Br. The molecule has 1 N–H and O–H groups in total. The van der Waals surface area contributed by atoms with Gasteiger partial charge in [-0.25, -0.2) is 12.7 Å². The molecule has 0 saturated heterocycles. The predicted molar refractivity (Wildman–Crippen MR) is 101 cm³/mol. The molecular weight excluding hydrogens is 408 g/mol. The van der Waals surface area contributed by atoms with Gasteiger partial charge >= 0.3 is 0 Å². The monoisotopic (exact) mass is 426 g/mol. The minimum absolute atomic E-state index is 0.166. The average molecular weight is 427 g/mol. The molecule has 0 bridgehead atoms. The lowest BCUT2D eigenvalue weighted by atomic mass is 10.2. The summed E-state index contributed by atoms with van der Waals surface area (Å²) in [5.41, 5.74) is 0.966. The standard InChI is InChI=1S/C17H19BrN2O4S/c1-4-24-16-10-5-12(11-15(16)18)17(21)19-13-6-8-14(9-7-13)25(22,23)20(2)3/h5-11H,4H2,1-3H3,(H,19,21). The third-order valence-corrected chi connectivity index (χ3v) is 5.83. The van der Waals surface area contributed by atoms with Crippen molar-refractivity contribution in [2.45, 2.75) is 11.8 Å². The lowest BCUT2D eigenvalue weighted by Crippen LogP contribution is -2.22. The first kappa shape index (κ1) is 19.4. The quantitative estimate of drug-likeness (QED) is 0.767. The number of nitrogens with zero attached hydrogens (tertiary/aromatic N) is 1. The summed E-state index contributed by atoms with van der Waals surface area (Å²) < 4.78 is 31.3. The molecule has 0 heterocycles. The fourth-order valence-electron chi connectivity index (χ4n) is 2.04. The highest BCUT2D eigenvalue weighted by molar-refractivity contribution is 9.10. The van der Waals surface area contributed by atoms with Crippen LogP contribution >= 0.6 is 15.9 Å². The molecule has 0 aliphatic rings. The number of hydrogen-bond acceptors (Lipinski definition) is 4. The molecule has 25 heavy (non-hydrogen) atoms. The molecule has 134 valence electrons. The molecule has 6 nitrogen and oxygen atoms in total. The number of rotatable bonds is 6. The van der Waals surface area contributed by atoms with Gasteiger partial charge < -0.3 is 10.1 Å². The van der Waals surface area contributed by atoms with Gasteiger partial charge in [-0.1, -0.05) is 0 Å². The lowest BCUT2D eigenvalue weighted by Gasteiger charge is -2.12. The van der Waals surface area contributed by atoms with Gasteiger partial charge in [-0.15, -0.1) is 0 Å². The summed E-state index contributed by atoms with van der Waals surface area (Å²) in [5, 5.41) is 2.74. The van der Waals surface area contributed by atoms with Crippen molar-refractivity contribution in [3.8, 4) is 5.75 Å². The summed E-state index contributed by atoms with van der Waals surface area (Å²) in [6, 6.07) is 11.1. The summed E-state index contributed by atoms with van der Waals surface area (Å²) >= 11 is 3.37. The molecule has 0 aromatic heterocycles. The highest BCUT2D eigenvalue weighted by Gasteiger charge is 2.17. The Labute approximate surface area is 156 Å². The molecule has 1 amide bonds. The first-order chi connectivity index (χ1) is 11.8. The molecule has 0 radical (unpaired) electrons. The zero-order chi connectivity index (χ0) is 18.6. The molecule has 0 atom stereocenters. The number of nitrogens with one attached hydrogen (secondary N) is 1. The highest BCUT2D eigenvalue weighted by atomic mass is 79.9. The van der Waals surface area contributed by atoms with Crippen LogP contribution in [0.4, 0.5) is 5.69 Å². The molecule has 0 aliphatic carbocycles. The lowest BCUT2D eigenvalue weighted by molar-refractivity contribution is 0.102. The van der Waals surface area contributed by atoms with Crippen molar-refractivity contribution in [1.29, 1.82) is 0 Å². The zero-order valence-corrected chi connectivity index (χ0v) is 16.5. The van der Waals surface area contributed by atoms with E-state index in [0.29, 0.717) is 28.1 Å². The Bertz CT molecular complexity index is 865. The Morgan fingerprint density at radius 3 is 2.32 bits per heavy atom. The maximum Gasteiger partial charge on any atom is 0.255 e. The van der Waals surface area contributed by atoms with Crippen LogP contribution in [0.25, 0.3) is 0 Å². The number of carbonyl (C=O) groups is 1. The summed E-state index contributed by atoms with van der Waals surface area (Å²) in [6.07, 6.45) is 0. The van der Waals surface area contributed by atoms with Crippen molar-refractivity contribution in [2.75, 3.05) is 26.0 Å². The van der Waals surface area contributed by atoms with E-state index in [-0.39, 0.29) is 10.8 Å². The fraction of sp³-hybridized carbons (Fsp3) is 0.235. The number of hydrogen-bond donors (Lipinski definition) is 1. The third-order valence-electron chi connectivity index (χ3n) is 3.38. The van der Waals surface area contributed by atoms with Crippen molar-refractivity contribution in [3.05, 3.63) is 52.5 Å². The van der Waals surface area contributed by atoms with E-state index in [0.717, 1.165) is 4.31 Å². The molecule has 8 heteroatoms. The summed E-state index contributed by atoms with van der Waals surface area (Å²) in [6.45, 7) is 2.42. The van der Waals surface area contributed by atoms with Gasteiger partial charge in [-0.3, -0.25) is 4.79 Å². The number of carbonyl (C=O) groups excluding carboxylic acids is 1. The summed E-state index contributed by atoms with van der Waals surface area (Å²) in [7, 11) is -0.556. The molecular formula is C17H19BrN2O4S. The summed E-state index contributed by atoms with van der Waals surface area (Å²) in [4.78, 5) is 12.5. The second-order valence-electron chi connectivity index (χ2n) is 5.34. The van der Waals surface area contributed by atoms with Crippen LogP contribution in [0.15, 0.2) is 51.8 Å². The Morgan fingerprint density at radius 1 is 1.16 bits per heavy atom. The first-order valence-corrected chi connectivity index (χ1v) is 9.75. The van der Waals surface area contributed by atoms with E-state index in [4.69, 9.17) is 4.74 Å². The average Bonchev–Trinajstić information content (AvgIpc) is 2.57. The number of halogens is 1. The zero-order valence-electron chi connectivity index (χ0n) is 14.1. The van der Waals surface area contributed by atoms with Crippen LogP contribution in [0.5, 0.6) is 5.75 Å². The van der Waals surface area contributed by atoms with Crippen molar-refractivity contribution in [1.82, 2.24) is 4.31 Å². The van der Waals surface area contributed by atoms with E-state index >= 15 is 0 Å². The largest absolute Gasteiger partial charge is 0.493 e. The fourth-order valence-corrected chi connectivity index (χ4v) is 3.43. The summed E-state index contributed by atoms with van der Waals surface area (Å²) in [5.74, 6) is 0.365. The van der Waals surface area contributed by atoms with Crippen LogP contribution in [0.3, 0.4) is 0 Å². The number of amides is 1. The van der Waals surface area contributed by atoms with Crippen molar-refractivity contribution in [2.24, 2.45) is 0 Å². The highest BCUT2D eigenvalue weighted by Crippen LogP contribution is 2.26. The molecule has 0 fully saturated rings. The van der Waals surface area contributed by atoms with Crippen molar-refractivity contribution >= 4 is 37.5 Å². The van der Waals surface area contributed by atoms with Crippen LogP contribution in [0, 0.1) is 0 Å². The van der Waals surface area contributed by atoms with Gasteiger partial charge in [-0.05, 0) is 65.3 Å². The third kappa shape index (κ3) is 4.59. The van der Waals surface area contributed by atoms with Gasteiger partial charge in [0.2, 0.25) is 10.0 Å². The Kier molecular flexibility index (Phi) is 6.21. The van der Waals surface area contributed by atoms with E-state index in [2.05, 4.69) is 21.2 Å². The van der Waals surface area contributed by atoms with Gasteiger partial charge in [0.1, 0.15) is 5.75 Å². The molecule has 0 saturated carbocycles. The number of ether oxygens (including phenoxy) is 1. The van der Waals surface area contributed by atoms with Gasteiger partial charge in [0, 0.05) is 25.3 Å². The van der Waals surface area contributed by atoms with Crippen LogP contribution in [0.1, 0.15) is 17.3 Å².